The van der Waals surface area contributed by atoms with Crippen molar-refractivity contribution in [2.45, 2.75) is 0 Å². The fourth-order valence-corrected chi connectivity index (χ4v) is 3.84. The topological polar surface area (TPSA) is 88.9 Å². The quantitative estimate of drug-likeness (QED) is 0.182. The molecule has 164 valence electrons. The van der Waals surface area contributed by atoms with Gasteiger partial charge in [0.2, 0.25) is 0 Å². The molecule has 5 aromatic rings. The van der Waals surface area contributed by atoms with E-state index in [0.29, 0.717) is 22.5 Å². The van der Waals surface area contributed by atoms with Crippen LogP contribution < -0.4 is 0 Å². The Labute approximate surface area is 195 Å². The summed E-state index contributed by atoms with van der Waals surface area (Å²) < 4.78 is 0. The van der Waals surface area contributed by atoms with E-state index in [9.17, 15) is 14.9 Å². The zero-order chi connectivity index (χ0) is 23.5. The molecule has 0 aliphatic heterocycles. The highest BCUT2D eigenvalue weighted by Gasteiger charge is 2.17. The number of nitro benzene ring substituents is 1. The first-order chi connectivity index (χ1) is 16.6. The lowest BCUT2D eigenvalue weighted by molar-refractivity contribution is -0.384. The van der Waals surface area contributed by atoms with Crippen molar-refractivity contribution in [2.75, 3.05) is 0 Å². The minimum atomic E-state index is -0.423. The molecule has 0 radical (unpaired) electrons. The molecule has 4 aromatic carbocycles. The van der Waals surface area contributed by atoms with Crippen molar-refractivity contribution in [1.82, 2.24) is 9.97 Å². The number of rotatable bonds is 6. The Balaban J connectivity index is 1.57. The van der Waals surface area contributed by atoms with Crippen LogP contribution in [0.4, 0.5) is 5.69 Å². The van der Waals surface area contributed by atoms with E-state index in [1.54, 1.807) is 36.4 Å². The van der Waals surface area contributed by atoms with Gasteiger partial charge in [-0.3, -0.25) is 14.9 Å². The van der Waals surface area contributed by atoms with Crippen LogP contribution in [0.2, 0.25) is 0 Å². The van der Waals surface area contributed by atoms with E-state index in [-0.39, 0.29) is 11.5 Å². The van der Waals surface area contributed by atoms with Gasteiger partial charge in [-0.15, -0.1) is 0 Å². The lowest BCUT2D eigenvalue weighted by Crippen LogP contribution is -2.00. The average molecular weight is 445 g/mol. The Morgan fingerprint density at radius 1 is 0.706 bits per heavy atom. The predicted molar refractivity (Wildman–Crippen MR) is 131 cm³/mol. The van der Waals surface area contributed by atoms with E-state index in [1.807, 2.05) is 60.7 Å². The molecule has 0 amide bonds. The van der Waals surface area contributed by atoms with Crippen LogP contribution in [0.25, 0.3) is 33.9 Å². The van der Waals surface area contributed by atoms with Gasteiger partial charge in [0, 0.05) is 39.9 Å². The molecule has 0 saturated carbocycles. The maximum atomic E-state index is 12.8. The van der Waals surface area contributed by atoms with Crippen molar-refractivity contribution in [3.05, 3.63) is 130 Å². The Morgan fingerprint density at radius 2 is 1.32 bits per heavy atom. The lowest BCUT2D eigenvalue weighted by Gasteiger charge is -2.05. The van der Waals surface area contributed by atoms with Gasteiger partial charge in [-0.25, -0.2) is 4.98 Å². The highest BCUT2D eigenvalue weighted by molar-refractivity contribution is 6.09. The molecule has 1 heterocycles. The summed E-state index contributed by atoms with van der Waals surface area (Å²) in [6.45, 7) is 0. The maximum Gasteiger partial charge on any atom is 0.270 e. The second-order valence-corrected chi connectivity index (χ2v) is 7.75. The Kier molecular flexibility index (Phi) is 5.54. The smallest absolute Gasteiger partial charge is 0.270 e. The minimum absolute atomic E-state index is 0.000452. The van der Waals surface area contributed by atoms with Gasteiger partial charge in [-0.2, -0.15) is 0 Å². The van der Waals surface area contributed by atoms with Crippen molar-refractivity contribution < 1.29 is 9.72 Å². The third-order valence-corrected chi connectivity index (χ3v) is 5.55. The molecule has 0 unspecified atom stereocenters. The van der Waals surface area contributed by atoms with Crippen LogP contribution in [0.15, 0.2) is 109 Å². The first-order valence-corrected chi connectivity index (χ1v) is 10.7. The number of H-pyrrole nitrogens is 1. The zero-order valence-electron chi connectivity index (χ0n) is 18.0. The molecule has 34 heavy (non-hydrogen) atoms. The Morgan fingerprint density at radius 3 is 2.00 bits per heavy atom. The number of carbonyl (C=O) groups is 1. The van der Waals surface area contributed by atoms with E-state index in [2.05, 4.69) is 4.98 Å². The van der Waals surface area contributed by atoms with Gasteiger partial charge >= 0.3 is 0 Å². The Hall–Kier alpha value is -4.84. The second kappa shape index (κ2) is 8.96. The summed E-state index contributed by atoms with van der Waals surface area (Å²) in [6.07, 6.45) is 0. The number of imidazole rings is 1. The van der Waals surface area contributed by atoms with Crippen LogP contribution in [0.5, 0.6) is 0 Å². The van der Waals surface area contributed by atoms with Crippen molar-refractivity contribution in [3.8, 4) is 33.9 Å². The van der Waals surface area contributed by atoms with Crippen LogP contribution in [-0.2, 0) is 0 Å². The van der Waals surface area contributed by atoms with Crippen molar-refractivity contribution in [3.63, 3.8) is 0 Å². The lowest BCUT2D eigenvalue weighted by atomic mass is 10.00. The van der Waals surface area contributed by atoms with Crippen LogP contribution in [-0.4, -0.2) is 20.7 Å². The van der Waals surface area contributed by atoms with Crippen molar-refractivity contribution >= 4 is 11.5 Å². The fraction of sp³-hybridized carbons (Fsp3) is 0. The van der Waals surface area contributed by atoms with E-state index < -0.39 is 4.92 Å². The van der Waals surface area contributed by atoms with E-state index in [0.717, 1.165) is 22.5 Å². The van der Waals surface area contributed by atoms with Crippen LogP contribution in [0.3, 0.4) is 0 Å². The highest BCUT2D eigenvalue weighted by atomic mass is 16.6. The summed E-state index contributed by atoms with van der Waals surface area (Å²) in [6, 6.07) is 32.6. The first kappa shape index (κ1) is 21.0. The van der Waals surface area contributed by atoms with Crippen LogP contribution in [0.1, 0.15) is 15.9 Å². The van der Waals surface area contributed by atoms with Gasteiger partial charge in [0.25, 0.3) is 5.69 Å². The summed E-state index contributed by atoms with van der Waals surface area (Å²) >= 11 is 0. The largest absolute Gasteiger partial charge is 0.337 e. The molecule has 0 aliphatic rings. The number of nitro groups is 1. The van der Waals surface area contributed by atoms with Crippen molar-refractivity contribution in [2.24, 2.45) is 0 Å². The first-order valence-electron chi connectivity index (χ1n) is 10.7. The van der Waals surface area contributed by atoms with Crippen LogP contribution >= 0.6 is 0 Å². The minimum Gasteiger partial charge on any atom is -0.337 e. The number of carbonyl (C=O) groups excluding carboxylic acids is 1. The number of non-ortho nitro benzene ring substituents is 1. The SMILES string of the molecule is O=C(c1ccccc1)c1ccc(-c2[nH]c(-c3cccc([N+](=O)[O-])c3)nc2-c2ccccc2)cc1. The summed E-state index contributed by atoms with van der Waals surface area (Å²) in [5.41, 5.74) is 5.11. The van der Waals surface area contributed by atoms with Crippen LogP contribution in [0, 0.1) is 10.1 Å². The van der Waals surface area contributed by atoms with Gasteiger partial charge in [-0.05, 0) is 0 Å². The average Bonchev–Trinajstić information content (AvgIpc) is 3.35. The summed E-state index contributed by atoms with van der Waals surface area (Å²) in [5, 5.41) is 11.2. The molecule has 0 bridgehead atoms. The van der Waals surface area contributed by atoms with Gasteiger partial charge in [-0.1, -0.05) is 97.1 Å². The third-order valence-electron chi connectivity index (χ3n) is 5.55. The van der Waals surface area contributed by atoms with E-state index >= 15 is 0 Å². The molecular weight excluding hydrogens is 426 g/mol. The van der Waals surface area contributed by atoms with Gasteiger partial charge < -0.3 is 4.98 Å². The molecule has 6 nitrogen and oxygen atoms in total. The number of benzene rings is 4. The number of aromatic nitrogens is 2. The third kappa shape index (κ3) is 4.12. The highest BCUT2D eigenvalue weighted by Crippen LogP contribution is 2.34. The fourth-order valence-electron chi connectivity index (χ4n) is 3.84. The monoisotopic (exact) mass is 445 g/mol. The van der Waals surface area contributed by atoms with Gasteiger partial charge in [0.1, 0.15) is 5.82 Å². The predicted octanol–water partition coefficient (Wildman–Crippen LogP) is 6.55. The molecule has 0 atom stereocenters. The number of ketones is 1. The molecule has 1 aromatic heterocycles. The van der Waals surface area contributed by atoms with E-state index in [4.69, 9.17) is 4.98 Å². The standard InChI is InChI=1S/C28H19N3O3/c32-27(21-10-5-2-6-11-21)22-16-14-20(15-17-22)26-25(19-8-3-1-4-9-19)29-28(30-26)23-12-7-13-24(18-23)31(33)34/h1-18H,(H,29,30). The second-order valence-electron chi connectivity index (χ2n) is 7.75. The van der Waals surface area contributed by atoms with Gasteiger partial charge in [0.05, 0.1) is 16.3 Å². The molecule has 5 rings (SSSR count). The molecule has 0 saturated heterocycles. The summed E-state index contributed by atoms with van der Waals surface area (Å²) in [7, 11) is 0. The Bertz CT molecular complexity index is 1470. The number of hydrogen-bond acceptors (Lipinski definition) is 4. The molecule has 0 spiro atoms. The summed E-state index contributed by atoms with van der Waals surface area (Å²) in [5.74, 6) is 0.485. The number of nitrogens with one attached hydrogen (secondary N) is 1. The number of nitrogens with zero attached hydrogens (tertiary/aromatic N) is 2. The zero-order valence-corrected chi connectivity index (χ0v) is 18.0. The summed E-state index contributed by atoms with van der Waals surface area (Å²) in [4.78, 5) is 31.7. The molecule has 1 N–H and O–H groups in total. The molecule has 6 heteroatoms. The molecule has 0 fully saturated rings. The maximum absolute atomic E-state index is 12.8. The van der Waals surface area contributed by atoms with Gasteiger partial charge in [0.15, 0.2) is 5.78 Å². The van der Waals surface area contributed by atoms with Crippen molar-refractivity contribution in [1.29, 1.82) is 0 Å². The molecule has 0 aliphatic carbocycles. The molecular formula is C28H19N3O3. The van der Waals surface area contributed by atoms with E-state index in [1.165, 1.54) is 12.1 Å². The number of hydrogen-bond donors (Lipinski definition) is 1. The number of aromatic amines is 1. The normalized spacial score (nSPS) is 10.7.